The fourth-order valence-electron chi connectivity index (χ4n) is 2.72. The Bertz CT molecular complexity index is 1030. The summed E-state index contributed by atoms with van der Waals surface area (Å²) in [5, 5.41) is 6.38. The number of nitrogens with zero attached hydrogens (tertiary/aromatic N) is 2. The zero-order chi connectivity index (χ0) is 20.8. The smallest absolute Gasteiger partial charge is 0.216 e. The van der Waals surface area contributed by atoms with Gasteiger partial charge in [0.25, 0.3) is 0 Å². The molecule has 29 heavy (non-hydrogen) atoms. The summed E-state index contributed by atoms with van der Waals surface area (Å²) in [5.74, 6) is 0.524. The molecule has 0 fully saturated rings. The molecule has 0 saturated carbocycles. The summed E-state index contributed by atoms with van der Waals surface area (Å²) in [4.78, 5) is 19.3. The third kappa shape index (κ3) is 5.54. The molecule has 0 atom stereocenters. The minimum absolute atomic E-state index is 0.0446. The van der Waals surface area contributed by atoms with Crippen molar-refractivity contribution >= 4 is 49.9 Å². The van der Waals surface area contributed by atoms with Gasteiger partial charge in [-0.25, -0.2) is 14.4 Å². The largest absolute Gasteiger partial charge is 0.491 e. The second kappa shape index (κ2) is 9.51. The average Bonchev–Trinajstić information content (AvgIpc) is 2.67. The molecule has 2 aromatic carbocycles. The zero-order valence-corrected chi connectivity index (χ0v) is 17.4. The van der Waals surface area contributed by atoms with E-state index in [-0.39, 0.29) is 5.91 Å². The minimum atomic E-state index is -0.404. The molecule has 4 N–H and O–H groups in total. The molecule has 0 bridgehead atoms. The predicted molar refractivity (Wildman–Crippen MR) is 115 cm³/mol. The highest BCUT2D eigenvalue weighted by atomic mass is 79.9. The topological polar surface area (TPSA) is 102 Å². The number of carbonyl (C=O) groups excluding carboxylic acids is 1. The fourth-order valence-corrected chi connectivity index (χ4v) is 3.05. The van der Waals surface area contributed by atoms with E-state index in [2.05, 4.69) is 36.5 Å². The van der Waals surface area contributed by atoms with Crippen LogP contribution in [0.5, 0.6) is 5.75 Å². The van der Waals surface area contributed by atoms with Crippen LogP contribution in [-0.4, -0.2) is 29.0 Å². The molecule has 0 aliphatic carbocycles. The summed E-state index contributed by atoms with van der Waals surface area (Å²) in [6, 6.07) is 8.18. The van der Waals surface area contributed by atoms with Crippen LogP contribution in [0.25, 0.3) is 10.9 Å². The lowest BCUT2D eigenvalue weighted by molar-refractivity contribution is -0.118. The van der Waals surface area contributed by atoms with Crippen molar-refractivity contribution in [1.82, 2.24) is 15.3 Å². The first-order valence-corrected chi connectivity index (χ1v) is 9.87. The molecule has 9 heteroatoms. The van der Waals surface area contributed by atoms with Gasteiger partial charge in [0, 0.05) is 29.4 Å². The Morgan fingerprint density at radius 3 is 2.83 bits per heavy atom. The Kier molecular flexibility index (Phi) is 6.82. The van der Waals surface area contributed by atoms with Crippen molar-refractivity contribution in [2.45, 2.75) is 19.8 Å². The van der Waals surface area contributed by atoms with Crippen LogP contribution < -0.4 is 21.1 Å². The molecule has 7 nitrogen and oxygen atoms in total. The predicted octanol–water partition coefficient (Wildman–Crippen LogP) is 4.15. The van der Waals surface area contributed by atoms with Crippen molar-refractivity contribution < 1.29 is 13.9 Å². The Hall–Kier alpha value is -2.94. The van der Waals surface area contributed by atoms with Crippen LogP contribution in [0.3, 0.4) is 0 Å². The van der Waals surface area contributed by atoms with Gasteiger partial charge in [0.15, 0.2) is 0 Å². The molecular weight excluding hydrogens is 441 g/mol. The van der Waals surface area contributed by atoms with Gasteiger partial charge in [-0.3, -0.25) is 4.79 Å². The number of halogens is 2. The van der Waals surface area contributed by atoms with Crippen molar-refractivity contribution in [2.75, 3.05) is 24.2 Å². The summed E-state index contributed by atoms with van der Waals surface area (Å²) in [5.41, 5.74) is 7.50. The normalized spacial score (nSPS) is 10.7. The quantitative estimate of drug-likeness (QED) is 0.343. The lowest BCUT2D eigenvalue weighted by atomic mass is 10.2. The van der Waals surface area contributed by atoms with Crippen molar-refractivity contribution in [1.29, 1.82) is 0 Å². The number of nitrogen functional groups attached to an aromatic ring is 1. The Morgan fingerprint density at radius 1 is 1.24 bits per heavy atom. The van der Waals surface area contributed by atoms with Crippen LogP contribution in [0.2, 0.25) is 0 Å². The van der Waals surface area contributed by atoms with Gasteiger partial charge in [-0.2, -0.15) is 0 Å². The van der Waals surface area contributed by atoms with E-state index in [1.165, 1.54) is 19.3 Å². The van der Waals surface area contributed by atoms with Gasteiger partial charge in [-0.05, 0) is 37.1 Å². The number of nitrogens with one attached hydrogen (secondary N) is 2. The lowest BCUT2D eigenvalue weighted by Crippen LogP contribution is -2.21. The number of fused-ring (bicyclic) bond motifs is 1. The fraction of sp³-hybridized carbons (Fsp3) is 0.250. The first-order chi connectivity index (χ1) is 13.9. The number of unbranched alkanes of at least 4 members (excludes halogenated alkanes) is 1. The Morgan fingerprint density at radius 2 is 2.07 bits per heavy atom. The van der Waals surface area contributed by atoms with Crippen LogP contribution in [0.15, 0.2) is 41.1 Å². The van der Waals surface area contributed by atoms with E-state index in [0.29, 0.717) is 51.5 Å². The van der Waals surface area contributed by atoms with E-state index < -0.39 is 5.82 Å². The minimum Gasteiger partial charge on any atom is -0.491 e. The first-order valence-electron chi connectivity index (χ1n) is 9.07. The van der Waals surface area contributed by atoms with Crippen LogP contribution in [0.1, 0.15) is 19.8 Å². The Labute approximate surface area is 176 Å². The van der Waals surface area contributed by atoms with Crippen molar-refractivity contribution in [3.05, 3.63) is 46.9 Å². The highest BCUT2D eigenvalue weighted by molar-refractivity contribution is 9.10. The number of carbonyl (C=O) groups is 1. The molecule has 0 radical (unpaired) electrons. The molecule has 152 valence electrons. The number of amides is 1. The van der Waals surface area contributed by atoms with Crippen molar-refractivity contribution in [3.63, 3.8) is 0 Å². The van der Waals surface area contributed by atoms with Crippen LogP contribution >= 0.6 is 15.9 Å². The maximum atomic E-state index is 14.1. The van der Waals surface area contributed by atoms with Gasteiger partial charge in [0.1, 0.15) is 23.7 Å². The van der Waals surface area contributed by atoms with E-state index in [9.17, 15) is 9.18 Å². The van der Waals surface area contributed by atoms with Gasteiger partial charge < -0.3 is 21.1 Å². The summed E-state index contributed by atoms with van der Waals surface area (Å²) in [7, 11) is 0. The zero-order valence-electron chi connectivity index (χ0n) is 15.8. The maximum absolute atomic E-state index is 14.1. The molecule has 0 spiro atoms. The first kappa shape index (κ1) is 20.8. The number of rotatable bonds is 8. The van der Waals surface area contributed by atoms with E-state index in [1.807, 2.05) is 0 Å². The number of benzene rings is 2. The van der Waals surface area contributed by atoms with Gasteiger partial charge >= 0.3 is 0 Å². The van der Waals surface area contributed by atoms with E-state index in [1.54, 1.807) is 24.3 Å². The van der Waals surface area contributed by atoms with E-state index in [4.69, 9.17) is 10.5 Å². The third-order valence-electron chi connectivity index (χ3n) is 4.15. The standard InChI is InChI=1S/C20H21BrFN5O2/c1-12(28)24-6-2-3-7-29-19-10-18-14(9-16(19)23)20(26-11-25-18)27-17-5-4-13(21)8-15(17)22/h4-5,8-11H,2-3,6-7,23H2,1H3,(H,24,28)(H,25,26,27). The summed E-state index contributed by atoms with van der Waals surface area (Å²) in [6.45, 7) is 2.57. The lowest BCUT2D eigenvalue weighted by Gasteiger charge is -2.13. The number of hydrogen-bond donors (Lipinski definition) is 3. The number of aromatic nitrogens is 2. The van der Waals surface area contributed by atoms with Crippen molar-refractivity contribution in [3.8, 4) is 5.75 Å². The monoisotopic (exact) mass is 461 g/mol. The molecule has 0 aliphatic rings. The number of ether oxygens (including phenoxy) is 1. The number of nitrogens with two attached hydrogens (primary N) is 1. The molecule has 3 aromatic rings. The Balaban J connectivity index is 1.72. The highest BCUT2D eigenvalue weighted by Gasteiger charge is 2.11. The molecule has 1 heterocycles. The maximum Gasteiger partial charge on any atom is 0.216 e. The van der Waals surface area contributed by atoms with Crippen LogP contribution in [-0.2, 0) is 4.79 Å². The summed E-state index contributed by atoms with van der Waals surface area (Å²) in [6.07, 6.45) is 2.98. The van der Waals surface area contributed by atoms with Gasteiger partial charge in [-0.15, -0.1) is 0 Å². The average molecular weight is 462 g/mol. The molecule has 0 saturated heterocycles. The van der Waals surface area contributed by atoms with Gasteiger partial charge in [0.2, 0.25) is 5.91 Å². The van der Waals surface area contributed by atoms with Crippen LogP contribution in [0.4, 0.5) is 21.6 Å². The van der Waals surface area contributed by atoms with E-state index in [0.717, 1.165) is 12.8 Å². The second-order valence-corrected chi connectivity index (χ2v) is 7.33. The molecule has 1 amide bonds. The summed E-state index contributed by atoms with van der Waals surface area (Å²) >= 11 is 3.24. The molecule has 1 aromatic heterocycles. The molecule has 0 aliphatic heterocycles. The van der Waals surface area contributed by atoms with Gasteiger partial charge in [0.05, 0.1) is 23.5 Å². The molecule has 3 rings (SSSR count). The second-order valence-electron chi connectivity index (χ2n) is 6.42. The van der Waals surface area contributed by atoms with Crippen molar-refractivity contribution in [2.24, 2.45) is 0 Å². The SMILES string of the molecule is CC(=O)NCCCCOc1cc2ncnc(Nc3ccc(Br)cc3F)c2cc1N. The number of hydrogen-bond acceptors (Lipinski definition) is 6. The van der Waals surface area contributed by atoms with Gasteiger partial charge in [-0.1, -0.05) is 15.9 Å². The number of anilines is 3. The van der Waals surface area contributed by atoms with Crippen LogP contribution in [0, 0.1) is 5.82 Å². The highest BCUT2D eigenvalue weighted by Crippen LogP contribution is 2.32. The third-order valence-corrected chi connectivity index (χ3v) is 4.65. The molecule has 0 unspecified atom stereocenters. The molecular formula is C20H21BrFN5O2. The van der Waals surface area contributed by atoms with E-state index >= 15 is 0 Å². The summed E-state index contributed by atoms with van der Waals surface area (Å²) < 4.78 is 20.6.